The van der Waals surface area contributed by atoms with E-state index in [4.69, 9.17) is 23.2 Å². The van der Waals surface area contributed by atoms with E-state index < -0.39 is 0 Å². The van der Waals surface area contributed by atoms with Crippen molar-refractivity contribution in [2.45, 2.75) is 10.8 Å². The standard InChI is InChI=1S/C15H10Cl2N2OS/c16-11-6-2-1-4-9(11)8-21-15-13-10(5-3-7-18-13)12(17)14(20)19-15/h1-7H,8H2,(H,19,20). The van der Waals surface area contributed by atoms with Crippen LogP contribution in [-0.2, 0) is 5.75 Å². The number of halogens is 2. The second-order valence-electron chi connectivity index (χ2n) is 4.38. The summed E-state index contributed by atoms with van der Waals surface area (Å²) in [6, 6.07) is 11.2. The van der Waals surface area contributed by atoms with E-state index in [1.807, 2.05) is 24.3 Å². The van der Waals surface area contributed by atoms with E-state index in [2.05, 4.69) is 9.97 Å². The van der Waals surface area contributed by atoms with Gasteiger partial charge >= 0.3 is 0 Å². The van der Waals surface area contributed by atoms with Crippen LogP contribution in [0.5, 0.6) is 0 Å². The molecule has 0 spiro atoms. The van der Waals surface area contributed by atoms with Crippen LogP contribution in [0.2, 0.25) is 10.0 Å². The number of benzene rings is 1. The van der Waals surface area contributed by atoms with Gasteiger partial charge in [0, 0.05) is 22.4 Å². The molecule has 1 aromatic carbocycles. The predicted octanol–water partition coefficient (Wildman–Crippen LogP) is 4.52. The third-order valence-corrected chi connectivity index (χ3v) is 4.80. The maximum Gasteiger partial charge on any atom is 0.268 e. The Bertz CT molecular complexity index is 864. The normalized spacial score (nSPS) is 11.0. The zero-order chi connectivity index (χ0) is 14.8. The summed E-state index contributed by atoms with van der Waals surface area (Å²) < 4.78 is 0. The number of nitrogens with one attached hydrogen (secondary N) is 1. The van der Waals surface area contributed by atoms with Crippen molar-refractivity contribution in [3.8, 4) is 0 Å². The van der Waals surface area contributed by atoms with Gasteiger partial charge in [-0.1, -0.05) is 41.4 Å². The van der Waals surface area contributed by atoms with Crippen molar-refractivity contribution >= 4 is 45.9 Å². The molecule has 0 aliphatic heterocycles. The van der Waals surface area contributed by atoms with E-state index in [1.165, 1.54) is 11.8 Å². The molecule has 0 unspecified atom stereocenters. The average molecular weight is 337 g/mol. The number of nitrogens with zero attached hydrogens (tertiary/aromatic N) is 1. The zero-order valence-electron chi connectivity index (χ0n) is 10.8. The van der Waals surface area contributed by atoms with E-state index >= 15 is 0 Å². The second kappa shape index (κ2) is 6.10. The highest BCUT2D eigenvalue weighted by molar-refractivity contribution is 7.98. The summed E-state index contributed by atoms with van der Waals surface area (Å²) in [6.07, 6.45) is 1.68. The fourth-order valence-corrected chi connectivity index (χ4v) is 3.47. The van der Waals surface area contributed by atoms with Crippen LogP contribution in [0, 0.1) is 0 Å². The number of pyridine rings is 2. The lowest BCUT2D eigenvalue weighted by Gasteiger charge is -2.07. The molecule has 0 radical (unpaired) electrons. The van der Waals surface area contributed by atoms with Crippen LogP contribution < -0.4 is 5.56 Å². The first kappa shape index (κ1) is 14.4. The molecule has 0 fully saturated rings. The van der Waals surface area contributed by atoms with Crippen molar-refractivity contribution in [1.29, 1.82) is 0 Å². The molecule has 0 aliphatic carbocycles. The molecular weight excluding hydrogens is 327 g/mol. The third kappa shape index (κ3) is 2.93. The van der Waals surface area contributed by atoms with Crippen molar-refractivity contribution in [1.82, 2.24) is 9.97 Å². The molecule has 2 heterocycles. The third-order valence-electron chi connectivity index (χ3n) is 3.02. The lowest BCUT2D eigenvalue weighted by atomic mass is 10.2. The molecule has 0 aliphatic rings. The highest BCUT2D eigenvalue weighted by Crippen LogP contribution is 2.30. The molecule has 3 rings (SSSR count). The van der Waals surface area contributed by atoms with Gasteiger partial charge in [0.15, 0.2) is 0 Å². The summed E-state index contributed by atoms with van der Waals surface area (Å²) >= 11 is 13.6. The molecule has 3 nitrogen and oxygen atoms in total. The Balaban J connectivity index is 2.00. The van der Waals surface area contributed by atoms with Gasteiger partial charge in [0.05, 0.1) is 0 Å². The highest BCUT2D eigenvalue weighted by Gasteiger charge is 2.11. The van der Waals surface area contributed by atoms with Crippen molar-refractivity contribution < 1.29 is 0 Å². The van der Waals surface area contributed by atoms with Gasteiger partial charge in [0.25, 0.3) is 5.56 Å². The molecule has 0 atom stereocenters. The van der Waals surface area contributed by atoms with Crippen molar-refractivity contribution in [3.63, 3.8) is 0 Å². The number of hydrogen-bond acceptors (Lipinski definition) is 3. The topological polar surface area (TPSA) is 45.8 Å². The molecule has 0 bridgehead atoms. The Morgan fingerprint density at radius 2 is 1.95 bits per heavy atom. The first-order valence-electron chi connectivity index (χ1n) is 6.19. The van der Waals surface area contributed by atoms with Gasteiger partial charge in [-0.25, -0.2) is 0 Å². The summed E-state index contributed by atoms with van der Waals surface area (Å²) in [5.74, 6) is 0.642. The largest absolute Gasteiger partial charge is 0.314 e. The van der Waals surface area contributed by atoms with Crippen LogP contribution in [0.1, 0.15) is 5.56 Å². The van der Waals surface area contributed by atoms with Crippen molar-refractivity contribution in [3.05, 3.63) is 68.6 Å². The van der Waals surface area contributed by atoms with Crippen LogP contribution >= 0.6 is 35.0 Å². The first-order chi connectivity index (χ1) is 10.2. The summed E-state index contributed by atoms with van der Waals surface area (Å²) in [5, 5.41) is 2.23. The molecule has 0 saturated carbocycles. The van der Waals surface area contributed by atoms with Gasteiger partial charge in [-0.05, 0) is 23.8 Å². The maximum absolute atomic E-state index is 11.9. The Hall–Kier alpha value is -1.49. The Morgan fingerprint density at radius 1 is 1.14 bits per heavy atom. The number of thioether (sulfide) groups is 1. The van der Waals surface area contributed by atoms with Gasteiger partial charge in [0.1, 0.15) is 15.6 Å². The van der Waals surface area contributed by atoms with Crippen molar-refractivity contribution in [2.24, 2.45) is 0 Å². The molecule has 1 N–H and O–H groups in total. The Kier molecular flexibility index (Phi) is 4.19. The van der Waals surface area contributed by atoms with E-state index in [1.54, 1.807) is 18.3 Å². The predicted molar refractivity (Wildman–Crippen MR) is 88.4 cm³/mol. The summed E-state index contributed by atoms with van der Waals surface area (Å²) in [5.41, 5.74) is 1.39. The monoisotopic (exact) mass is 336 g/mol. The fourth-order valence-electron chi connectivity index (χ4n) is 1.97. The number of rotatable bonds is 3. The summed E-state index contributed by atoms with van der Waals surface area (Å²) in [7, 11) is 0. The lowest BCUT2D eigenvalue weighted by Crippen LogP contribution is -2.08. The molecule has 0 amide bonds. The highest BCUT2D eigenvalue weighted by atomic mass is 35.5. The fraction of sp³-hybridized carbons (Fsp3) is 0.0667. The number of aromatic amines is 1. The molecule has 0 saturated heterocycles. The lowest BCUT2D eigenvalue weighted by molar-refractivity contribution is 1.09. The smallest absolute Gasteiger partial charge is 0.268 e. The molecule has 6 heteroatoms. The molecular formula is C15H10Cl2N2OS. The maximum atomic E-state index is 11.9. The van der Waals surface area contributed by atoms with E-state index in [0.29, 0.717) is 26.7 Å². The summed E-state index contributed by atoms with van der Waals surface area (Å²) in [4.78, 5) is 19.0. The van der Waals surface area contributed by atoms with E-state index in [-0.39, 0.29) is 10.6 Å². The number of aromatic nitrogens is 2. The molecule has 21 heavy (non-hydrogen) atoms. The van der Waals surface area contributed by atoms with Gasteiger partial charge in [-0.2, -0.15) is 0 Å². The summed E-state index contributed by atoms with van der Waals surface area (Å²) in [6.45, 7) is 0. The zero-order valence-corrected chi connectivity index (χ0v) is 13.1. The van der Waals surface area contributed by atoms with Crippen LogP contribution in [0.15, 0.2) is 52.4 Å². The second-order valence-corrected chi connectivity index (χ2v) is 6.15. The minimum absolute atomic E-state index is 0.167. The number of hydrogen-bond donors (Lipinski definition) is 1. The quantitative estimate of drug-likeness (QED) is 0.715. The average Bonchev–Trinajstić information content (AvgIpc) is 2.51. The van der Waals surface area contributed by atoms with Crippen LogP contribution in [0.4, 0.5) is 0 Å². The Labute approximate surface area is 135 Å². The molecule has 2 aromatic heterocycles. The number of fused-ring (bicyclic) bond motifs is 1. The van der Waals surface area contributed by atoms with Crippen LogP contribution in [-0.4, -0.2) is 9.97 Å². The minimum Gasteiger partial charge on any atom is -0.314 e. The minimum atomic E-state index is -0.307. The van der Waals surface area contributed by atoms with Gasteiger partial charge in [-0.3, -0.25) is 9.78 Å². The number of H-pyrrole nitrogens is 1. The molecule has 106 valence electrons. The molecule has 3 aromatic rings. The van der Waals surface area contributed by atoms with E-state index in [9.17, 15) is 4.79 Å². The van der Waals surface area contributed by atoms with Crippen LogP contribution in [0.25, 0.3) is 10.9 Å². The van der Waals surface area contributed by atoms with Gasteiger partial charge < -0.3 is 4.98 Å². The first-order valence-corrected chi connectivity index (χ1v) is 7.93. The SMILES string of the molecule is O=c1[nH]c(SCc2ccccc2Cl)c2ncccc2c1Cl. The van der Waals surface area contributed by atoms with Gasteiger partial charge in [-0.15, -0.1) is 11.8 Å². The van der Waals surface area contributed by atoms with Crippen molar-refractivity contribution in [2.75, 3.05) is 0 Å². The van der Waals surface area contributed by atoms with Gasteiger partial charge in [0.2, 0.25) is 0 Å². The van der Waals surface area contributed by atoms with Crippen LogP contribution in [0.3, 0.4) is 0 Å². The Morgan fingerprint density at radius 3 is 2.76 bits per heavy atom. The van der Waals surface area contributed by atoms with E-state index in [0.717, 1.165) is 5.56 Å².